The number of hydrogen-bond donors (Lipinski definition) is 4. The second-order valence-electron chi connectivity index (χ2n) is 14.9. The first-order chi connectivity index (χ1) is 20.6. The molecule has 1 aliphatic carbocycles. The summed E-state index contributed by atoms with van der Waals surface area (Å²) >= 11 is 0. The number of rotatable bonds is 11. The first-order valence-corrected chi connectivity index (χ1v) is 17.5. The maximum absolute atomic E-state index is 14.3. The molecule has 0 aromatic rings. The molecule has 2 rings (SSSR count). The van der Waals surface area contributed by atoms with Gasteiger partial charge in [0.15, 0.2) is 9.84 Å². The summed E-state index contributed by atoms with van der Waals surface area (Å²) in [5.41, 5.74) is 5.40. The molecule has 0 bridgehead atoms. The van der Waals surface area contributed by atoms with Crippen LogP contribution in [-0.2, 0) is 29.0 Å². The van der Waals surface area contributed by atoms with Crippen molar-refractivity contribution in [2.45, 2.75) is 141 Å². The number of nitrogens with one attached hydrogen (secondary N) is 3. The fourth-order valence-electron chi connectivity index (χ4n) is 6.31. The van der Waals surface area contributed by atoms with Crippen molar-refractivity contribution >= 4 is 39.4 Å². The molecule has 45 heavy (non-hydrogen) atoms. The van der Waals surface area contributed by atoms with Crippen molar-refractivity contribution in [3.63, 3.8) is 0 Å². The van der Waals surface area contributed by atoms with Crippen LogP contribution in [0.4, 0.5) is 4.79 Å². The summed E-state index contributed by atoms with van der Waals surface area (Å²) in [6.07, 6.45) is 5.67. The highest BCUT2D eigenvalue weighted by atomic mass is 32.2. The van der Waals surface area contributed by atoms with E-state index < -0.39 is 72.5 Å². The van der Waals surface area contributed by atoms with Crippen molar-refractivity contribution in [1.29, 1.82) is 0 Å². The van der Waals surface area contributed by atoms with E-state index in [1.165, 1.54) is 4.90 Å². The molecule has 1 heterocycles. The number of hydrogen-bond acceptors (Lipinski definition) is 7. The van der Waals surface area contributed by atoms with Crippen LogP contribution < -0.4 is 21.7 Å². The highest BCUT2D eigenvalue weighted by molar-refractivity contribution is 7.94. The molecule has 5 N–H and O–H groups in total. The van der Waals surface area contributed by atoms with Crippen LogP contribution in [0.25, 0.3) is 0 Å². The molecule has 4 atom stereocenters. The van der Waals surface area contributed by atoms with Crippen LogP contribution in [-0.4, -0.2) is 77.1 Å². The van der Waals surface area contributed by atoms with Crippen molar-refractivity contribution in [2.75, 3.05) is 6.54 Å². The molecule has 0 aromatic heterocycles. The number of nitrogens with zero attached hydrogens (tertiary/aromatic N) is 1. The third-order valence-electron chi connectivity index (χ3n) is 8.65. The summed E-state index contributed by atoms with van der Waals surface area (Å²) < 4.78 is 26.4. The van der Waals surface area contributed by atoms with Crippen molar-refractivity contribution < 1.29 is 32.4 Å². The molecular weight excluding hydrogens is 598 g/mol. The molecule has 256 valence electrons. The van der Waals surface area contributed by atoms with E-state index in [0.717, 1.165) is 12.0 Å². The summed E-state index contributed by atoms with van der Waals surface area (Å²) in [4.78, 5) is 65.5. The number of nitrogens with two attached hydrogens (primary N) is 1. The van der Waals surface area contributed by atoms with Crippen LogP contribution in [0.15, 0.2) is 11.6 Å². The fraction of sp³-hybridized carbons (Fsp3) is 0.781. The van der Waals surface area contributed by atoms with Gasteiger partial charge in [-0.1, -0.05) is 65.0 Å². The smallest absolute Gasteiger partial charge is 0.316 e. The molecule has 1 saturated heterocycles. The van der Waals surface area contributed by atoms with Crippen LogP contribution in [0.3, 0.4) is 0 Å². The van der Waals surface area contributed by atoms with Gasteiger partial charge in [-0.3, -0.25) is 19.2 Å². The predicted octanol–water partition coefficient (Wildman–Crippen LogP) is 3.10. The molecule has 0 radical (unpaired) electrons. The number of carbonyl (C=O) groups excluding carboxylic acids is 5. The second kappa shape index (κ2) is 14.6. The molecular formula is C32H55N5O7S. The maximum Gasteiger partial charge on any atom is 0.316 e. The number of allylic oxidation sites excluding steroid dienone is 1. The number of sulfone groups is 1. The standard InChI is InChI=1S/C32H55N5O7S/c1-10-14-22(24(38)26(33)39)34-27(40)23-18-21(17-20(2)3)19-37(23)28(41)25(30(4,5)6)35-29(42)36-32(15-12-11-13-16-32)45(43,44)31(7,8)9/h17,21-23,25H,10-16,18-19H2,1-9H3,(H2,33,39)(H,34,40)(H2,35,36,42)/t21-,22?,23+,25?/m1/s1. The van der Waals surface area contributed by atoms with E-state index in [9.17, 15) is 32.4 Å². The zero-order valence-corrected chi connectivity index (χ0v) is 29.4. The van der Waals surface area contributed by atoms with E-state index in [-0.39, 0.29) is 38.1 Å². The lowest BCUT2D eigenvalue weighted by molar-refractivity contribution is -0.143. The Morgan fingerprint density at radius 3 is 2.02 bits per heavy atom. The van der Waals surface area contributed by atoms with E-state index >= 15 is 0 Å². The van der Waals surface area contributed by atoms with Crippen LogP contribution in [0.1, 0.15) is 114 Å². The summed E-state index contributed by atoms with van der Waals surface area (Å²) in [5, 5.41) is 8.19. The summed E-state index contributed by atoms with van der Waals surface area (Å²) in [6, 6.07) is -3.97. The van der Waals surface area contributed by atoms with Gasteiger partial charge < -0.3 is 26.6 Å². The summed E-state index contributed by atoms with van der Waals surface area (Å²) in [7, 11) is -3.82. The molecule has 0 spiro atoms. The zero-order valence-electron chi connectivity index (χ0n) is 28.5. The highest BCUT2D eigenvalue weighted by Crippen LogP contribution is 2.39. The van der Waals surface area contributed by atoms with Crippen molar-refractivity contribution in [1.82, 2.24) is 20.9 Å². The van der Waals surface area contributed by atoms with Crippen LogP contribution >= 0.6 is 0 Å². The molecule has 1 saturated carbocycles. The lowest BCUT2D eigenvalue weighted by atomic mass is 9.85. The van der Waals surface area contributed by atoms with Crippen molar-refractivity contribution in [2.24, 2.45) is 17.1 Å². The van der Waals surface area contributed by atoms with Gasteiger partial charge in [-0.2, -0.15) is 0 Å². The maximum atomic E-state index is 14.3. The fourth-order valence-corrected chi connectivity index (χ4v) is 8.53. The minimum atomic E-state index is -3.82. The van der Waals surface area contributed by atoms with Gasteiger partial charge in [0.05, 0.1) is 10.8 Å². The highest BCUT2D eigenvalue weighted by Gasteiger charge is 2.52. The number of Topliss-reactive ketones (excluding diaryl/α,β-unsaturated/α-hetero) is 1. The minimum absolute atomic E-state index is 0.164. The molecule has 0 aromatic carbocycles. The van der Waals surface area contributed by atoms with Gasteiger partial charge in [-0.05, 0) is 71.6 Å². The molecule has 2 unspecified atom stereocenters. The number of carbonyl (C=O) groups is 5. The molecule has 5 amide bonds. The quantitative estimate of drug-likeness (QED) is 0.195. The average Bonchev–Trinajstić information content (AvgIpc) is 3.33. The Bertz CT molecular complexity index is 1270. The number of likely N-dealkylation sites (tertiary alicyclic amines) is 1. The lowest BCUT2D eigenvalue weighted by Crippen LogP contribution is -2.65. The third kappa shape index (κ3) is 9.07. The van der Waals surface area contributed by atoms with Gasteiger partial charge in [-0.25, -0.2) is 13.2 Å². The van der Waals surface area contributed by atoms with E-state index in [1.54, 1.807) is 48.5 Å². The molecule has 2 aliphatic rings. The molecule has 12 nitrogen and oxygen atoms in total. The largest absolute Gasteiger partial charge is 0.363 e. The first-order valence-electron chi connectivity index (χ1n) is 16.0. The predicted molar refractivity (Wildman–Crippen MR) is 173 cm³/mol. The Morgan fingerprint density at radius 2 is 1.56 bits per heavy atom. The van der Waals surface area contributed by atoms with Gasteiger partial charge in [0.25, 0.3) is 5.91 Å². The Hall–Kier alpha value is -2.96. The normalized spacial score (nSPS) is 21.7. The summed E-state index contributed by atoms with van der Waals surface area (Å²) in [6.45, 7) is 16.0. The SMILES string of the molecule is CCCC(NC(=O)[C@@H]1C[C@@H](C=C(C)C)CN1C(=O)C(NC(=O)NC1(S(=O)(=O)C(C)(C)C)CCCCC1)C(C)(C)C)C(=O)C(N)=O. The number of ketones is 1. The van der Waals surface area contributed by atoms with Gasteiger partial charge in [0, 0.05) is 6.54 Å². The van der Waals surface area contributed by atoms with Crippen LogP contribution in [0.2, 0.25) is 0 Å². The van der Waals surface area contributed by atoms with Gasteiger partial charge in [0.2, 0.25) is 17.6 Å². The minimum Gasteiger partial charge on any atom is -0.363 e. The summed E-state index contributed by atoms with van der Waals surface area (Å²) in [5.74, 6) is -3.32. The molecule has 1 aliphatic heterocycles. The van der Waals surface area contributed by atoms with E-state index in [0.29, 0.717) is 19.3 Å². The second-order valence-corrected chi connectivity index (χ2v) is 17.9. The number of primary amides is 1. The Morgan fingerprint density at radius 1 is 0.978 bits per heavy atom. The lowest BCUT2D eigenvalue weighted by Gasteiger charge is -2.42. The third-order valence-corrected chi connectivity index (χ3v) is 11.8. The van der Waals surface area contributed by atoms with Gasteiger partial charge in [-0.15, -0.1) is 0 Å². The zero-order chi connectivity index (χ0) is 34.5. The van der Waals surface area contributed by atoms with Crippen molar-refractivity contribution in [3.8, 4) is 0 Å². The van der Waals surface area contributed by atoms with E-state index in [4.69, 9.17) is 5.73 Å². The number of amides is 5. The monoisotopic (exact) mass is 653 g/mol. The number of urea groups is 1. The first kappa shape index (κ1) is 38.2. The Labute approximate surface area is 269 Å². The van der Waals surface area contributed by atoms with E-state index in [1.807, 2.05) is 19.9 Å². The van der Waals surface area contributed by atoms with E-state index in [2.05, 4.69) is 16.0 Å². The topological polar surface area (TPSA) is 185 Å². The Balaban J connectivity index is 2.43. The van der Waals surface area contributed by atoms with Crippen molar-refractivity contribution in [3.05, 3.63) is 11.6 Å². The van der Waals surface area contributed by atoms with Gasteiger partial charge in [0.1, 0.15) is 17.0 Å². The van der Waals surface area contributed by atoms with Crippen LogP contribution in [0.5, 0.6) is 0 Å². The molecule has 13 heteroatoms. The van der Waals surface area contributed by atoms with Gasteiger partial charge >= 0.3 is 6.03 Å². The average molecular weight is 654 g/mol. The Kier molecular flexibility index (Phi) is 12.4. The van der Waals surface area contributed by atoms with Crippen LogP contribution in [0, 0.1) is 11.3 Å². The molecule has 2 fully saturated rings.